The van der Waals surface area contributed by atoms with Crippen molar-refractivity contribution in [3.05, 3.63) is 41.5 Å². The van der Waals surface area contributed by atoms with Crippen LogP contribution in [0.1, 0.15) is 40.9 Å². The first-order valence-electron chi connectivity index (χ1n) is 7.35. The highest BCUT2D eigenvalue weighted by Crippen LogP contribution is 2.23. The molecule has 22 heavy (non-hydrogen) atoms. The summed E-state index contributed by atoms with van der Waals surface area (Å²) in [5, 5.41) is 4.40. The average Bonchev–Trinajstić information content (AvgIpc) is 2.86. The molecular formula is C15H18FN5O. The van der Waals surface area contributed by atoms with E-state index in [1.807, 2.05) is 18.5 Å². The van der Waals surface area contributed by atoms with E-state index in [2.05, 4.69) is 15.1 Å². The molecule has 1 aliphatic heterocycles. The molecule has 1 amide bonds. The van der Waals surface area contributed by atoms with Gasteiger partial charge in [0.1, 0.15) is 11.6 Å². The van der Waals surface area contributed by atoms with Gasteiger partial charge < -0.3 is 4.90 Å². The largest absolute Gasteiger partial charge is 0.336 e. The normalized spacial score (nSPS) is 18.5. The SMILES string of the molecule is Cc1nc(C)n([C@@H]2CCCN(C(=O)c3ccncc3F)C2)n1. The molecule has 1 atom stereocenters. The van der Waals surface area contributed by atoms with Crippen LogP contribution in [0.3, 0.4) is 0 Å². The summed E-state index contributed by atoms with van der Waals surface area (Å²) in [7, 11) is 0. The summed E-state index contributed by atoms with van der Waals surface area (Å²) in [6.45, 7) is 4.90. The molecule has 0 radical (unpaired) electrons. The number of likely N-dealkylation sites (tertiary alicyclic amines) is 1. The number of hydrogen-bond acceptors (Lipinski definition) is 4. The van der Waals surface area contributed by atoms with Crippen molar-refractivity contribution in [3.8, 4) is 0 Å². The smallest absolute Gasteiger partial charge is 0.257 e. The van der Waals surface area contributed by atoms with Crippen molar-refractivity contribution in [2.75, 3.05) is 13.1 Å². The monoisotopic (exact) mass is 303 g/mol. The molecule has 0 aliphatic carbocycles. The van der Waals surface area contributed by atoms with Crippen LogP contribution in [0.15, 0.2) is 18.5 Å². The first kappa shape index (κ1) is 14.6. The highest BCUT2D eigenvalue weighted by Gasteiger charge is 2.28. The number of rotatable bonds is 2. The van der Waals surface area contributed by atoms with Gasteiger partial charge in [0.25, 0.3) is 5.91 Å². The van der Waals surface area contributed by atoms with Crippen LogP contribution in [-0.2, 0) is 0 Å². The zero-order chi connectivity index (χ0) is 15.7. The fourth-order valence-corrected chi connectivity index (χ4v) is 2.94. The topological polar surface area (TPSA) is 63.9 Å². The van der Waals surface area contributed by atoms with Crippen LogP contribution in [0.25, 0.3) is 0 Å². The van der Waals surface area contributed by atoms with E-state index in [0.29, 0.717) is 13.1 Å². The molecule has 116 valence electrons. The van der Waals surface area contributed by atoms with Crippen LogP contribution < -0.4 is 0 Å². The van der Waals surface area contributed by atoms with Gasteiger partial charge in [0.2, 0.25) is 0 Å². The van der Waals surface area contributed by atoms with Crippen LogP contribution in [0.2, 0.25) is 0 Å². The fraction of sp³-hybridized carbons (Fsp3) is 0.467. The lowest BCUT2D eigenvalue weighted by atomic mass is 10.0. The highest BCUT2D eigenvalue weighted by atomic mass is 19.1. The van der Waals surface area contributed by atoms with Gasteiger partial charge in [-0.15, -0.1) is 0 Å². The van der Waals surface area contributed by atoms with Crippen molar-refractivity contribution in [1.29, 1.82) is 0 Å². The number of aryl methyl sites for hydroxylation is 2. The molecule has 6 nitrogen and oxygen atoms in total. The quantitative estimate of drug-likeness (QED) is 0.850. The van der Waals surface area contributed by atoms with Crippen LogP contribution in [0, 0.1) is 19.7 Å². The number of amides is 1. The molecule has 7 heteroatoms. The molecule has 2 aromatic rings. The second kappa shape index (κ2) is 5.82. The number of piperidine rings is 1. The lowest BCUT2D eigenvalue weighted by Gasteiger charge is -2.33. The summed E-state index contributed by atoms with van der Waals surface area (Å²) < 4.78 is 15.6. The predicted octanol–water partition coefficient (Wildman–Crippen LogP) is 1.91. The molecule has 0 N–H and O–H groups in total. The number of carbonyl (C=O) groups is 1. The first-order chi connectivity index (χ1) is 10.6. The van der Waals surface area contributed by atoms with Gasteiger partial charge in [-0.1, -0.05) is 0 Å². The zero-order valence-corrected chi connectivity index (χ0v) is 12.7. The maximum atomic E-state index is 13.7. The van der Waals surface area contributed by atoms with Gasteiger partial charge in [0.15, 0.2) is 5.82 Å². The van der Waals surface area contributed by atoms with Gasteiger partial charge in [0, 0.05) is 19.3 Å². The molecule has 0 saturated carbocycles. The van der Waals surface area contributed by atoms with E-state index in [4.69, 9.17) is 0 Å². The molecule has 0 bridgehead atoms. The summed E-state index contributed by atoms with van der Waals surface area (Å²) in [6, 6.07) is 1.51. The van der Waals surface area contributed by atoms with Gasteiger partial charge in [-0.3, -0.25) is 9.78 Å². The van der Waals surface area contributed by atoms with Crippen LogP contribution >= 0.6 is 0 Å². The molecule has 3 rings (SSSR count). The zero-order valence-electron chi connectivity index (χ0n) is 12.7. The van der Waals surface area contributed by atoms with Crippen molar-refractivity contribution < 1.29 is 9.18 Å². The third-order valence-corrected chi connectivity index (χ3v) is 3.94. The maximum absolute atomic E-state index is 13.7. The van der Waals surface area contributed by atoms with Crippen molar-refractivity contribution in [2.45, 2.75) is 32.7 Å². The molecule has 0 spiro atoms. The predicted molar refractivity (Wildman–Crippen MR) is 77.9 cm³/mol. The first-order valence-corrected chi connectivity index (χ1v) is 7.35. The Morgan fingerprint density at radius 3 is 2.91 bits per heavy atom. The van der Waals surface area contributed by atoms with E-state index in [1.165, 1.54) is 12.3 Å². The molecule has 2 aromatic heterocycles. The van der Waals surface area contributed by atoms with Crippen molar-refractivity contribution in [1.82, 2.24) is 24.6 Å². The van der Waals surface area contributed by atoms with E-state index in [1.54, 1.807) is 4.90 Å². The number of hydrogen-bond donors (Lipinski definition) is 0. The molecular weight excluding hydrogens is 285 g/mol. The molecule has 1 saturated heterocycles. The van der Waals surface area contributed by atoms with E-state index >= 15 is 0 Å². The summed E-state index contributed by atoms with van der Waals surface area (Å²) in [5.41, 5.74) is 0.0714. The molecule has 0 aromatic carbocycles. The van der Waals surface area contributed by atoms with E-state index in [-0.39, 0.29) is 17.5 Å². The van der Waals surface area contributed by atoms with Gasteiger partial charge in [-0.25, -0.2) is 14.1 Å². The van der Waals surface area contributed by atoms with E-state index in [9.17, 15) is 9.18 Å². The van der Waals surface area contributed by atoms with Crippen molar-refractivity contribution >= 4 is 5.91 Å². The number of aromatic nitrogens is 4. The van der Waals surface area contributed by atoms with Crippen LogP contribution in [0.5, 0.6) is 0 Å². The minimum absolute atomic E-state index is 0.0714. The Balaban J connectivity index is 1.80. The van der Waals surface area contributed by atoms with Crippen LogP contribution in [-0.4, -0.2) is 43.6 Å². The van der Waals surface area contributed by atoms with Gasteiger partial charge in [-0.2, -0.15) is 5.10 Å². The van der Waals surface area contributed by atoms with Crippen molar-refractivity contribution in [3.63, 3.8) is 0 Å². The Morgan fingerprint density at radius 1 is 1.41 bits per heavy atom. The lowest BCUT2D eigenvalue weighted by Crippen LogP contribution is -2.41. The number of halogens is 1. The molecule has 3 heterocycles. The van der Waals surface area contributed by atoms with Gasteiger partial charge >= 0.3 is 0 Å². The third kappa shape index (κ3) is 2.70. The molecule has 1 fully saturated rings. The Kier molecular flexibility index (Phi) is 3.87. The molecule has 0 unspecified atom stereocenters. The Hall–Kier alpha value is -2.31. The standard InChI is InChI=1S/C15H18FN5O/c1-10-18-11(2)21(19-10)12-4-3-7-20(9-12)15(22)13-5-6-17-8-14(13)16/h5-6,8,12H,3-4,7,9H2,1-2H3/t12-/m1/s1. The van der Waals surface area contributed by atoms with Gasteiger partial charge in [0.05, 0.1) is 17.8 Å². The number of pyridine rings is 1. The average molecular weight is 303 g/mol. The third-order valence-electron chi connectivity index (χ3n) is 3.94. The number of carbonyl (C=O) groups excluding carboxylic acids is 1. The minimum atomic E-state index is -0.581. The fourth-order valence-electron chi connectivity index (χ4n) is 2.94. The Bertz CT molecular complexity index is 699. The minimum Gasteiger partial charge on any atom is -0.336 e. The van der Waals surface area contributed by atoms with Crippen molar-refractivity contribution in [2.24, 2.45) is 0 Å². The summed E-state index contributed by atoms with van der Waals surface area (Å²) in [6.07, 6.45) is 4.30. The lowest BCUT2D eigenvalue weighted by molar-refractivity contribution is 0.0666. The number of nitrogens with zero attached hydrogens (tertiary/aromatic N) is 5. The van der Waals surface area contributed by atoms with Crippen LogP contribution in [0.4, 0.5) is 4.39 Å². The maximum Gasteiger partial charge on any atom is 0.257 e. The second-order valence-electron chi connectivity index (χ2n) is 5.55. The molecule has 1 aliphatic rings. The second-order valence-corrected chi connectivity index (χ2v) is 5.55. The summed E-state index contributed by atoms with van der Waals surface area (Å²) in [4.78, 5) is 22.2. The highest BCUT2D eigenvalue weighted by molar-refractivity contribution is 5.94. The van der Waals surface area contributed by atoms with E-state index < -0.39 is 5.82 Å². The van der Waals surface area contributed by atoms with Gasteiger partial charge in [-0.05, 0) is 32.8 Å². The Labute approximate surface area is 128 Å². The van der Waals surface area contributed by atoms with E-state index in [0.717, 1.165) is 30.7 Å². The summed E-state index contributed by atoms with van der Waals surface area (Å²) in [5.74, 6) is 0.689. The summed E-state index contributed by atoms with van der Waals surface area (Å²) >= 11 is 0. The Morgan fingerprint density at radius 2 is 2.23 bits per heavy atom.